The number of hydrogen-bond acceptors (Lipinski definition) is 2. The molecule has 22 heavy (non-hydrogen) atoms. The molecule has 0 unspecified atom stereocenters. The van der Waals surface area contributed by atoms with E-state index in [9.17, 15) is 4.79 Å². The van der Waals surface area contributed by atoms with Crippen LogP contribution in [0.2, 0.25) is 5.02 Å². The SMILES string of the molecule is O=C(O)c1ccc(C2(c3ccc(Cl)cc3)CCNCC2)cc1. The molecule has 1 heterocycles. The Morgan fingerprint density at radius 3 is 1.95 bits per heavy atom. The monoisotopic (exact) mass is 315 g/mol. The third-order valence-electron chi connectivity index (χ3n) is 4.54. The van der Waals surface area contributed by atoms with Gasteiger partial charge >= 0.3 is 5.97 Å². The molecule has 114 valence electrons. The number of carbonyl (C=O) groups is 1. The largest absolute Gasteiger partial charge is 0.478 e. The van der Waals surface area contributed by atoms with Crippen LogP contribution in [0.1, 0.15) is 34.3 Å². The predicted molar refractivity (Wildman–Crippen MR) is 87.7 cm³/mol. The van der Waals surface area contributed by atoms with Gasteiger partial charge in [-0.2, -0.15) is 0 Å². The second kappa shape index (κ2) is 6.11. The minimum Gasteiger partial charge on any atom is -0.478 e. The molecule has 1 fully saturated rings. The van der Waals surface area contributed by atoms with Gasteiger partial charge in [0, 0.05) is 10.4 Å². The molecule has 0 atom stereocenters. The maximum absolute atomic E-state index is 11.1. The molecule has 0 radical (unpaired) electrons. The van der Waals surface area contributed by atoms with Crippen LogP contribution in [-0.4, -0.2) is 24.2 Å². The number of halogens is 1. The highest BCUT2D eigenvalue weighted by molar-refractivity contribution is 6.30. The molecular weight excluding hydrogens is 298 g/mol. The van der Waals surface area contributed by atoms with Crippen molar-refractivity contribution in [1.82, 2.24) is 5.32 Å². The molecule has 1 aliphatic rings. The Kier molecular flexibility index (Phi) is 4.19. The summed E-state index contributed by atoms with van der Waals surface area (Å²) >= 11 is 6.02. The Hall–Kier alpha value is -1.84. The molecule has 3 nitrogen and oxygen atoms in total. The van der Waals surface area contributed by atoms with E-state index in [1.54, 1.807) is 12.1 Å². The number of carboxylic acids is 1. The lowest BCUT2D eigenvalue weighted by Crippen LogP contribution is -2.40. The van der Waals surface area contributed by atoms with Crippen molar-refractivity contribution in [3.05, 3.63) is 70.2 Å². The van der Waals surface area contributed by atoms with E-state index in [4.69, 9.17) is 16.7 Å². The Balaban J connectivity index is 2.05. The maximum atomic E-state index is 11.1. The maximum Gasteiger partial charge on any atom is 0.335 e. The Labute approximate surface area is 134 Å². The minimum absolute atomic E-state index is 0.0765. The number of rotatable bonds is 3. The summed E-state index contributed by atoms with van der Waals surface area (Å²) in [7, 11) is 0. The topological polar surface area (TPSA) is 49.3 Å². The average Bonchev–Trinajstić information content (AvgIpc) is 2.56. The fraction of sp³-hybridized carbons (Fsp3) is 0.278. The summed E-state index contributed by atoms with van der Waals surface area (Å²) in [5, 5.41) is 13.2. The van der Waals surface area contributed by atoms with Crippen molar-refractivity contribution in [3.63, 3.8) is 0 Å². The highest BCUT2D eigenvalue weighted by atomic mass is 35.5. The lowest BCUT2D eigenvalue weighted by atomic mass is 9.68. The molecule has 0 bridgehead atoms. The molecule has 2 aromatic carbocycles. The van der Waals surface area contributed by atoms with Gasteiger partial charge in [-0.3, -0.25) is 0 Å². The Morgan fingerprint density at radius 2 is 1.45 bits per heavy atom. The molecule has 0 aromatic heterocycles. The van der Waals surface area contributed by atoms with Crippen molar-refractivity contribution in [2.24, 2.45) is 0 Å². The molecule has 4 heteroatoms. The zero-order chi connectivity index (χ0) is 15.6. The van der Waals surface area contributed by atoms with Crippen LogP contribution in [0.15, 0.2) is 48.5 Å². The number of carboxylic acid groups (broad SMARTS) is 1. The molecule has 0 saturated carbocycles. The highest BCUT2D eigenvalue weighted by Gasteiger charge is 2.35. The van der Waals surface area contributed by atoms with Crippen molar-refractivity contribution in [3.8, 4) is 0 Å². The van der Waals surface area contributed by atoms with E-state index in [1.165, 1.54) is 11.1 Å². The summed E-state index contributed by atoms with van der Waals surface area (Å²) in [6.07, 6.45) is 1.97. The lowest BCUT2D eigenvalue weighted by Gasteiger charge is -2.39. The second-order valence-corrected chi connectivity index (χ2v) is 6.16. The second-order valence-electron chi connectivity index (χ2n) is 5.72. The van der Waals surface area contributed by atoms with Crippen LogP contribution in [0.5, 0.6) is 0 Å². The lowest BCUT2D eigenvalue weighted by molar-refractivity contribution is 0.0697. The van der Waals surface area contributed by atoms with Crippen LogP contribution in [0, 0.1) is 0 Å². The van der Waals surface area contributed by atoms with Gasteiger partial charge in [-0.25, -0.2) is 4.79 Å². The first-order valence-corrected chi connectivity index (χ1v) is 7.80. The van der Waals surface area contributed by atoms with Crippen molar-refractivity contribution in [2.75, 3.05) is 13.1 Å². The highest BCUT2D eigenvalue weighted by Crippen LogP contribution is 2.40. The van der Waals surface area contributed by atoms with Gasteiger partial charge in [0.15, 0.2) is 0 Å². The van der Waals surface area contributed by atoms with Crippen molar-refractivity contribution in [1.29, 1.82) is 0 Å². The first kappa shape index (κ1) is 15.1. The van der Waals surface area contributed by atoms with E-state index in [0.29, 0.717) is 5.56 Å². The average molecular weight is 316 g/mol. The van der Waals surface area contributed by atoms with Crippen molar-refractivity contribution < 1.29 is 9.90 Å². The number of aromatic carboxylic acids is 1. The molecule has 1 saturated heterocycles. The first-order chi connectivity index (χ1) is 10.6. The fourth-order valence-electron chi connectivity index (χ4n) is 3.30. The predicted octanol–water partition coefficient (Wildman–Crippen LogP) is 3.71. The van der Waals surface area contributed by atoms with Crippen LogP contribution < -0.4 is 5.32 Å². The number of piperidine rings is 1. The zero-order valence-corrected chi connectivity index (χ0v) is 12.9. The van der Waals surface area contributed by atoms with E-state index in [2.05, 4.69) is 17.4 Å². The van der Waals surface area contributed by atoms with Gasteiger partial charge in [0.1, 0.15) is 0 Å². The van der Waals surface area contributed by atoms with E-state index in [-0.39, 0.29) is 5.41 Å². The van der Waals surface area contributed by atoms with E-state index >= 15 is 0 Å². The van der Waals surface area contributed by atoms with Crippen molar-refractivity contribution in [2.45, 2.75) is 18.3 Å². The number of nitrogens with one attached hydrogen (secondary N) is 1. The molecule has 1 aliphatic heterocycles. The van der Waals surface area contributed by atoms with Crippen molar-refractivity contribution >= 4 is 17.6 Å². The molecule has 3 rings (SSSR count). The molecule has 0 aliphatic carbocycles. The van der Waals surface area contributed by atoms with Crippen LogP contribution in [0.25, 0.3) is 0 Å². The summed E-state index contributed by atoms with van der Waals surface area (Å²) in [4.78, 5) is 11.1. The number of hydrogen-bond donors (Lipinski definition) is 2. The Bertz CT molecular complexity index is 658. The summed E-state index contributed by atoms with van der Waals surface area (Å²) in [5.74, 6) is -0.891. The fourth-order valence-corrected chi connectivity index (χ4v) is 3.42. The van der Waals surface area contributed by atoms with Crippen LogP contribution in [0.3, 0.4) is 0 Å². The van der Waals surface area contributed by atoms with Gasteiger partial charge in [-0.1, -0.05) is 35.9 Å². The normalized spacial score (nSPS) is 17.1. The van der Waals surface area contributed by atoms with Gasteiger partial charge in [-0.15, -0.1) is 0 Å². The Morgan fingerprint density at radius 1 is 0.955 bits per heavy atom. The summed E-state index contributed by atoms with van der Waals surface area (Å²) in [6, 6.07) is 15.3. The van der Waals surface area contributed by atoms with Gasteiger partial charge < -0.3 is 10.4 Å². The summed E-state index contributed by atoms with van der Waals surface area (Å²) in [5.41, 5.74) is 2.65. The molecule has 0 spiro atoms. The van der Waals surface area contributed by atoms with Gasteiger partial charge in [-0.05, 0) is 61.3 Å². The van der Waals surface area contributed by atoms with Gasteiger partial charge in [0.05, 0.1) is 5.56 Å². The van der Waals surface area contributed by atoms with Crippen LogP contribution in [-0.2, 0) is 5.41 Å². The molecule has 2 aromatic rings. The van der Waals surface area contributed by atoms with Gasteiger partial charge in [0.2, 0.25) is 0 Å². The molecule has 2 N–H and O–H groups in total. The van der Waals surface area contributed by atoms with Gasteiger partial charge in [0.25, 0.3) is 0 Å². The third-order valence-corrected chi connectivity index (χ3v) is 4.79. The summed E-state index contributed by atoms with van der Waals surface area (Å²) < 4.78 is 0. The first-order valence-electron chi connectivity index (χ1n) is 7.42. The standard InChI is InChI=1S/C18H18ClNO2/c19-16-7-5-15(6-8-16)18(9-11-20-12-10-18)14-3-1-13(2-4-14)17(21)22/h1-8,20H,9-12H2,(H,21,22). The van der Waals surface area contributed by atoms with Crippen LogP contribution >= 0.6 is 11.6 Å². The van der Waals surface area contributed by atoms with Crippen LogP contribution in [0.4, 0.5) is 0 Å². The smallest absolute Gasteiger partial charge is 0.335 e. The third kappa shape index (κ3) is 2.74. The number of benzene rings is 2. The van der Waals surface area contributed by atoms with E-state index in [1.807, 2.05) is 24.3 Å². The zero-order valence-electron chi connectivity index (χ0n) is 12.2. The molecule has 0 amide bonds. The molecular formula is C18H18ClNO2. The quantitative estimate of drug-likeness (QED) is 0.908. The minimum atomic E-state index is -0.891. The summed E-state index contributed by atoms with van der Waals surface area (Å²) in [6.45, 7) is 1.90. The van der Waals surface area contributed by atoms with E-state index in [0.717, 1.165) is 31.0 Å². The van der Waals surface area contributed by atoms with E-state index < -0.39 is 5.97 Å².